The highest BCUT2D eigenvalue weighted by Gasteiger charge is 2.23. The molecule has 1 aromatic heterocycles. The third kappa shape index (κ3) is 2.85. The van der Waals surface area contributed by atoms with Gasteiger partial charge in [0.15, 0.2) is 0 Å². The first-order chi connectivity index (χ1) is 9.33. The average Bonchev–Trinajstić information content (AvgIpc) is 2.75. The van der Waals surface area contributed by atoms with Gasteiger partial charge in [0.2, 0.25) is 0 Å². The largest absolute Gasteiger partial charge is 0.443 e. The highest BCUT2D eigenvalue weighted by molar-refractivity contribution is 5.91. The Morgan fingerprint density at radius 1 is 1.35 bits per heavy atom. The lowest BCUT2D eigenvalue weighted by molar-refractivity contribution is 0.0538. The van der Waals surface area contributed by atoms with Crippen molar-refractivity contribution in [3.05, 3.63) is 36.0 Å². The minimum Gasteiger partial charge on any atom is -0.443 e. The lowest BCUT2D eigenvalue weighted by atomic mass is 10.1. The summed E-state index contributed by atoms with van der Waals surface area (Å²) in [5.74, 6) is 0. The standard InChI is InChI=1S/C16H22N2O2/c1-5-12(17)14-10-11-8-6-7-9-13(11)18(14)15(19)20-16(2,3)4/h6-10,12H,5,17H2,1-4H3/t12-/m0/s1. The molecule has 0 aliphatic heterocycles. The summed E-state index contributed by atoms with van der Waals surface area (Å²) < 4.78 is 7.09. The number of rotatable bonds is 2. The van der Waals surface area contributed by atoms with E-state index in [-0.39, 0.29) is 12.1 Å². The van der Waals surface area contributed by atoms with Crippen LogP contribution in [0.5, 0.6) is 0 Å². The van der Waals surface area contributed by atoms with Crippen LogP contribution in [0.25, 0.3) is 10.9 Å². The molecule has 0 amide bonds. The van der Waals surface area contributed by atoms with Gasteiger partial charge in [-0.1, -0.05) is 25.1 Å². The van der Waals surface area contributed by atoms with Gasteiger partial charge in [0.1, 0.15) is 5.60 Å². The Bertz CT molecular complexity index is 623. The van der Waals surface area contributed by atoms with Gasteiger partial charge in [0, 0.05) is 17.1 Å². The Morgan fingerprint density at radius 2 is 2.00 bits per heavy atom. The topological polar surface area (TPSA) is 57.2 Å². The summed E-state index contributed by atoms with van der Waals surface area (Å²) in [7, 11) is 0. The van der Waals surface area contributed by atoms with Crippen molar-refractivity contribution in [3.63, 3.8) is 0 Å². The van der Waals surface area contributed by atoms with Crippen molar-refractivity contribution in [1.82, 2.24) is 4.57 Å². The van der Waals surface area contributed by atoms with Crippen LogP contribution in [0.1, 0.15) is 45.9 Å². The van der Waals surface area contributed by atoms with Gasteiger partial charge in [0.25, 0.3) is 0 Å². The molecule has 1 atom stereocenters. The Morgan fingerprint density at radius 3 is 2.60 bits per heavy atom. The molecule has 0 aliphatic carbocycles. The molecule has 20 heavy (non-hydrogen) atoms. The van der Waals surface area contributed by atoms with Crippen LogP contribution in [0.15, 0.2) is 30.3 Å². The molecule has 0 saturated heterocycles. The van der Waals surface area contributed by atoms with Gasteiger partial charge < -0.3 is 10.5 Å². The van der Waals surface area contributed by atoms with Crippen LogP contribution in [0, 0.1) is 0 Å². The molecule has 0 bridgehead atoms. The molecule has 0 radical (unpaired) electrons. The van der Waals surface area contributed by atoms with Crippen molar-refractivity contribution in [3.8, 4) is 0 Å². The number of nitrogens with zero attached hydrogens (tertiary/aromatic N) is 1. The molecule has 0 fully saturated rings. The maximum Gasteiger partial charge on any atom is 0.419 e. The highest BCUT2D eigenvalue weighted by Crippen LogP contribution is 2.26. The van der Waals surface area contributed by atoms with Crippen LogP contribution in [0.3, 0.4) is 0 Å². The average molecular weight is 274 g/mol. The molecule has 0 unspecified atom stereocenters. The molecule has 108 valence electrons. The summed E-state index contributed by atoms with van der Waals surface area (Å²) in [5, 5.41) is 0.997. The van der Waals surface area contributed by atoms with Crippen LogP contribution >= 0.6 is 0 Å². The Kier molecular flexibility index (Phi) is 3.86. The van der Waals surface area contributed by atoms with E-state index in [2.05, 4.69) is 0 Å². The van der Waals surface area contributed by atoms with E-state index in [0.29, 0.717) is 0 Å². The van der Waals surface area contributed by atoms with Crippen molar-refractivity contribution in [2.45, 2.75) is 45.8 Å². The van der Waals surface area contributed by atoms with Gasteiger partial charge >= 0.3 is 6.09 Å². The van der Waals surface area contributed by atoms with Gasteiger partial charge in [-0.25, -0.2) is 9.36 Å². The van der Waals surface area contributed by atoms with E-state index in [4.69, 9.17) is 10.5 Å². The molecule has 4 nitrogen and oxygen atoms in total. The minimum atomic E-state index is -0.532. The van der Waals surface area contributed by atoms with Gasteiger partial charge in [-0.05, 0) is 39.3 Å². The first kappa shape index (κ1) is 14.6. The number of ether oxygens (including phenoxy) is 1. The van der Waals surface area contributed by atoms with Crippen LogP contribution in [0.4, 0.5) is 4.79 Å². The van der Waals surface area contributed by atoms with Crippen LogP contribution in [-0.4, -0.2) is 16.3 Å². The van der Waals surface area contributed by atoms with E-state index < -0.39 is 5.60 Å². The Balaban J connectivity index is 2.56. The number of carbonyl (C=O) groups is 1. The summed E-state index contributed by atoms with van der Waals surface area (Å²) in [4.78, 5) is 12.5. The summed E-state index contributed by atoms with van der Waals surface area (Å²) in [6, 6.07) is 9.52. The smallest absolute Gasteiger partial charge is 0.419 e. The molecule has 1 aromatic carbocycles. The molecule has 1 heterocycles. The Hall–Kier alpha value is -1.81. The third-order valence-corrected chi connectivity index (χ3v) is 3.14. The molecule has 2 N–H and O–H groups in total. The second-order valence-corrected chi connectivity index (χ2v) is 5.96. The van der Waals surface area contributed by atoms with Crippen molar-refractivity contribution >= 4 is 17.0 Å². The van der Waals surface area contributed by atoms with Crippen molar-refractivity contribution in [1.29, 1.82) is 0 Å². The van der Waals surface area contributed by atoms with E-state index >= 15 is 0 Å². The third-order valence-electron chi connectivity index (χ3n) is 3.14. The van der Waals surface area contributed by atoms with Crippen molar-refractivity contribution in [2.75, 3.05) is 0 Å². The van der Waals surface area contributed by atoms with Crippen LogP contribution in [-0.2, 0) is 4.74 Å². The monoisotopic (exact) mass is 274 g/mol. The fraction of sp³-hybridized carbons (Fsp3) is 0.438. The predicted molar refractivity (Wildman–Crippen MR) is 80.8 cm³/mol. The van der Waals surface area contributed by atoms with Crippen molar-refractivity contribution < 1.29 is 9.53 Å². The molecule has 0 saturated carbocycles. The SMILES string of the molecule is CC[C@H](N)c1cc2ccccc2n1C(=O)OC(C)(C)C. The number of hydrogen-bond donors (Lipinski definition) is 1. The first-order valence-corrected chi connectivity index (χ1v) is 6.93. The number of aromatic nitrogens is 1. The zero-order chi connectivity index (χ0) is 14.9. The van der Waals surface area contributed by atoms with Crippen LogP contribution in [0.2, 0.25) is 0 Å². The van der Waals surface area contributed by atoms with E-state index in [0.717, 1.165) is 23.0 Å². The van der Waals surface area contributed by atoms with E-state index in [1.54, 1.807) is 4.57 Å². The second-order valence-electron chi connectivity index (χ2n) is 5.96. The fourth-order valence-electron chi connectivity index (χ4n) is 2.17. The maximum atomic E-state index is 12.5. The van der Waals surface area contributed by atoms with E-state index in [1.807, 2.05) is 58.0 Å². The molecule has 2 rings (SSSR count). The lowest BCUT2D eigenvalue weighted by Crippen LogP contribution is -2.29. The number of hydrogen-bond acceptors (Lipinski definition) is 3. The molecule has 2 aromatic rings. The van der Waals surface area contributed by atoms with Gasteiger partial charge in [-0.2, -0.15) is 0 Å². The van der Waals surface area contributed by atoms with Gasteiger partial charge in [-0.3, -0.25) is 0 Å². The number of benzene rings is 1. The van der Waals surface area contributed by atoms with Crippen molar-refractivity contribution in [2.24, 2.45) is 5.73 Å². The minimum absolute atomic E-state index is 0.185. The fourth-order valence-corrected chi connectivity index (χ4v) is 2.17. The number of para-hydroxylation sites is 1. The normalized spacial score (nSPS) is 13.4. The molecular weight excluding hydrogens is 252 g/mol. The summed E-state index contributed by atoms with van der Waals surface area (Å²) in [5.41, 5.74) is 7.23. The second kappa shape index (κ2) is 5.29. The highest BCUT2D eigenvalue weighted by atomic mass is 16.6. The van der Waals surface area contributed by atoms with Gasteiger partial charge in [-0.15, -0.1) is 0 Å². The maximum absolute atomic E-state index is 12.5. The molecule has 0 aliphatic rings. The lowest BCUT2D eigenvalue weighted by Gasteiger charge is -2.22. The van der Waals surface area contributed by atoms with E-state index in [9.17, 15) is 4.79 Å². The van der Waals surface area contributed by atoms with E-state index in [1.165, 1.54) is 0 Å². The molecule has 4 heteroatoms. The zero-order valence-corrected chi connectivity index (χ0v) is 12.5. The molecule has 0 spiro atoms. The van der Waals surface area contributed by atoms with Gasteiger partial charge in [0.05, 0.1) is 5.52 Å². The number of carbonyl (C=O) groups excluding carboxylic acids is 1. The molecular formula is C16H22N2O2. The summed E-state index contributed by atoms with van der Waals surface area (Å²) in [6.45, 7) is 7.57. The Labute approximate surface area is 119 Å². The number of fused-ring (bicyclic) bond motifs is 1. The van der Waals surface area contributed by atoms with Crippen LogP contribution < -0.4 is 5.73 Å². The predicted octanol–water partition coefficient (Wildman–Crippen LogP) is 3.83. The summed E-state index contributed by atoms with van der Waals surface area (Å²) in [6.07, 6.45) is 0.386. The zero-order valence-electron chi connectivity index (χ0n) is 12.5. The quantitative estimate of drug-likeness (QED) is 0.905. The first-order valence-electron chi connectivity index (χ1n) is 6.93. The summed E-state index contributed by atoms with van der Waals surface area (Å²) >= 11 is 0. The number of nitrogens with two attached hydrogens (primary N) is 1.